The third kappa shape index (κ3) is 3.04. The number of carbonyl (C=O) groups is 1. The number of para-hydroxylation sites is 1. The molecule has 0 aliphatic heterocycles. The molecule has 0 unspecified atom stereocenters. The van der Waals surface area contributed by atoms with Gasteiger partial charge in [0.1, 0.15) is 12.0 Å². The van der Waals surface area contributed by atoms with Crippen molar-refractivity contribution in [2.45, 2.75) is 0 Å². The van der Waals surface area contributed by atoms with Gasteiger partial charge < -0.3 is 5.11 Å². The fourth-order valence-electron chi connectivity index (χ4n) is 1.81. The van der Waals surface area contributed by atoms with E-state index in [-0.39, 0.29) is 5.69 Å². The molecule has 0 spiro atoms. The van der Waals surface area contributed by atoms with Crippen molar-refractivity contribution in [3.05, 3.63) is 66.0 Å². The Morgan fingerprint density at radius 2 is 1.86 bits per heavy atom. The van der Waals surface area contributed by atoms with Crippen LogP contribution in [0.25, 0.3) is 17.8 Å². The molecule has 1 N–H and O–H groups in total. The lowest BCUT2D eigenvalue weighted by atomic mass is 10.3. The second-order valence-corrected chi connectivity index (χ2v) is 4.39. The van der Waals surface area contributed by atoms with E-state index in [9.17, 15) is 4.79 Å². The van der Waals surface area contributed by atoms with E-state index in [4.69, 9.17) is 5.11 Å². The van der Waals surface area contributed by atoms with Gasteiger partial charge in [0.2, 0.25) is 0 Å². The number of hydrogen-bond donors (Lipinski definition) is 1. The van der Waals surface area contributed by atoms with E-state index in [0.717, 1.165) is 5.69 Å². The van der Waals surface area contributed by atoms with Crippen LogP contribution in [0.15, 0.2) is 48.9 Å². The van der Waals surface area contributed by atoms with Crippen LogP contribution in [0.1, 0.15) is 21.9 Å². The molecule has 0 atom stereocenters. The molecule has 0 fully saturated rings. The van der Waals surface area contributed by atoms with Crippen molar-refractivity contribution in [2.75, 3.05) is 0 Å². The number of benzene rings is 1. The maximum Gasteiger partial charge on any atom is 0.354 e. The monoisotopic (exact) mass is 293 g/mol. The molecule has 0 aliphatic rings. The predicted molar refractivity (Wildman–Crippen MR) is 79.3 cm³/mol. The van der Waals surface area contributed by atoms with Crippen LogP contribution in [0.2, 0.25) is 0 Å². The van der Waals surface area contributed by atoms with E-state index in [0.29, 0.717) is 11.4 Å². The van der Waals surface area contributed by atoms with Crippen molar-refractivity contribution >= 4 is 18.1 Å². The highest BCUT2D eigenvalue weighted by Crippen LogP contribution is 2.08. The van der Waals surface area contributed by atoms with Crippen molar-refractivity contribution in [1.82, 2.24) is 25.0 Å². The normalized spacial score (nSPS) is 10.9. The number of rotatable bonds is 4. The highest BCUT2D eigenvalue weighted by Gasteiger charge is 2.04. The maximum absolute atomic E-state index is 10.8. The smallest absolute Gasteiger partial charge is 0.354 e. The Kier molecular flexibility index (Phi) is 3.69. The molecular weight excluding hydrogens is 282 g/mol. The summed E-state index contributed by atoms with van der Waals surface area (Å²) in [5, 5.41) is 16.9. The highest BCUT2D eigenvalue weighted by molar-refractivity contribution is 5.86. The second-order valence-electron chi connectivity index (χ2n) is 4.39. The summed E-state index contributed by atoms with van der Waals surface area (Å²) in [5.41, 5.74) is 1.98. The molecule has 2 heterocycles. The molecular formula is C15H11N5O2. The van der Waals surface area contributed by atoms with E-state index in [1.54, 1.807) is 23.0 Å². The topological polar surface area (TPSA) is 93.8 Å². The van der Waals surface area contributed by atoms with Crippen LogP contribution >= 0.6 is 0 Å². The first-order valence-corrected chi connectivity index (χ1v) is 6.43. The fourth-order valence-corrected chi connectivity index (χ4v) is 1.81. The Labute approximate surface area is 125 Å². The van der Waals surface area contributed by atoms with Gasteiger partial charge in [0.15, 0.2) is 5.69 Å². The molecule has 0 amide bonds. The zero-order chi connectivity index (χ0) is 15.4. The summed E-state index contributed by atoms with van der Waals surface area (Å²) in [4.78, 5) is 18.5. The van der Waals surface area contributed by atoms with Gasteiger partial charge in [-0.2, -0.15) is 0 Å². The maximum atomic E-state index is 10.8. The van der Waals surface area contributed by atoms with E-state index in [1.165, 1.54) is 12.4 Å². The minimum atomic E-state index is -1.09. The Morgan fingerprint density at radius 1 is 1.09 bits per heavy atom. The van der Waals surface area contributed by atoms with E-state index < -0.39 is 5.97 Å². The Hall–Kier alpha value is -3.35. The van der Waals surface area contributed by atoms with Gasteiger partial charge in [-0.15, -0.1) is 5.10 Å². The summed E-state index contributed by atoms with van der Waals surface area (Å²) in [7, 11) is 0. The average Bonchev–Trinajstić information content (AvgIpc) is 3.03. The van der Waals surface area contributed by atoms with Gasteiger partial charge >= 0.3 is 5.97 Å². The molecule has 0 aliphatic carbocycles. The number of carboxylic acids is 1. The Bertz CT molecular complexity index is 827. The van der Waals surface area contributed by atoms with E-state index >= 15 is 0 Å². The summed E-state index contributed by atoms with van der Waals surface area (Å²) in [6.07, 6.45) is 6.35. The molecule has 1 aromatic carbocycles. The van der Waals surface area contributed by atoms with Crippen LogP contribution in [0.5, 0.6) is 0 Å². The Morgan fingerprint density at radius 3 is 2.64 bits per heavy atom. The minimum Gasteiger partial charge on any atom is -0.477 e. The summed E-state index contributed by atoms with van der Waals surface area (Å²) in [6.45, 7) is 0. The highest BCUT2D eigenvalue weighted by atomic mass is 16.4. The molecule has 22 heavy (non-hydrogen) atoms. The molecule has 7 nitrogen and oxygen atoms in total. The standard InChI is InChI=1S/C15H11N5O2/c21-15(22)14-8-11(16-10-17-14)6-7-12-9-20(19-18-12)13-4-2-1-3-5-13/h1-10H,(H,21,22)/b7-6+. The molecule has 0 bridgehead atoms. The third-order valence-electron chi connectivity index (χ3n) is 2.86. The largest absolute Gasteiger partial charge is 0.477 e. The summed E-state index contributed by atoms with van der Waals surface area (Å²) in [6, 6.07) is 11.0. The van der Waals surface area contributed by atoms with Crippen LogP contribution in [0, 0.1) is 0 Å². The van der Waals surface area contributed by atoms with Gasteiger partial charge in [-0.1, -0.05) is 23.4 Å². The summed E-state index contributed by atoms with van der Waals surface area (Å²) < 4.78 is 1.66. The first kappa shape index (κ1) is 13.6. The van der Waals surface area contributed by atoms with Crippen molar-refractivity contribution in [1.29, 1.82) is 0 Å². The SMILES string of the molecule is O=C(O)c1cc(/C=C/c2cn(-c3ccccc3)nn2)ncn1. The lowest BCUT2D eigenvalue weighted by Gasteiger charge is -1.96. The van der Waals surface area contributed by atoms with Crippen LogP contribution < -0.4 is 0 Å². The molecule has 0 saturated heterocycles. The average molecular weight is 293 g/mol. The number of hydrogen-bond acceptors (Lipinski definition) is 5. The predicted octanol–water partition coefficient (Wildman–Crippen LogP) is 1.93. The summed E-state index contributed by atoms with van der Waals surface area (Å²) >= 11 is 0. The summed E-state index contributed by atoms with van der Waals surface area (Å²) in [5.74, 6) is -1.09. The quantitative estimate of drug-likeness (QED) is 0.790. The zero-order valence-corrected chi connectivity index (χ0v) is 11.4. The van der Waals surface area contributed by atoms with Crippen molar-refractivity contribution < 1.29 is 9.90 Å². The molecule has 0 radical (unpaired) electrons. The molecule has 3 rings (SSSR count). The molecule has 108 valence electrons. The molecule has 3 aromatic rings. The number of aromatic carboxylic acids is 1. The van der Waals surface area contributed by atoms with Crippen LogP contribution in [-0.4, -0.2) is 36.0 Å². The van der Waals surface area contributed by atoms with Crippen molar-refractivity contribution in [2.24, 2.45) is 0 Å². The minimum absolute atomic E-state index is 0.0532. The van der Waals surface area contributed by atoms with Gasteiger partial charge in [-0.25, -0.2) is 19.4 Å². The zero-order valence-electron chi connectivity index (χ0n) is 11.4. The van der Waals surface area contributed by atoms with E-state index in [1.807, 2.05) is 30.3 Å². The van der Waals surface area contributed by atoms with Crippen LogP contribution in [0.3, 0.4) is 0 Å². The fraction of sp³-hybridized carbons (Fsp3) is 0. The number of aromatic nitrogens is 5. The third-order valence-corrected chi connectivity index (χ3v) is 2.86. The Balaban J connectivity index is 1.80. The lowest BCUT2D eigenvalue weighted by Crippen LogP contribution is -2.00. The van der Waals surface area contributed by atoms with Gasteiger partial charge in [-0.05, 0) is 30.4 Å². The van der Waals surface area contributed by atoms with Crippen molar-refractivity contribution in [3.63, 3.8) is 0 Å². The van der Waals surface area contributed by atoms with Gasteiger partial charge in [-0.3, -0.25) is 0 Å². The number of nitrogens with zero attached hydrogens (tertiary/aromatic N) is 5. The van der Waals surface area contributed by atoms with Gasteiger partial charge in [0.05, 0.1) is 17.6 Å². The van der Waals surface area contributed by atoms with Gasteiger partial charge in [0.25, 0.3) is 0 Å². The van der Waals surface area contributed by atoms with Crippen LogP contribution in [-0.2, 0) is 0 Å². The number of carboxylic acid groups (broad SMARTS) is 1. The first-order chi connectivity index (χ1) is 10.7. The molecule has 7 heteroatoms. The van der Waals surface area contributed by atoms with E-state index in [2.05, 4.69) is 20.3 Å². The molecule has 2 aromatic heterocycles. The molecule has 0 saturated carbocycles. The van der Waals surface area contributed by atoms with Gasteiger partial charge in [0, 0.05) is 0 Å². The second kappa shape index (κ2) is 5.96. The van der Waals surface area contributed by atoms with Crippen molar-refractivity contribution in [3.8, 4) is 5.69 Å². The lowest BCUT2D eigenvalue weighted by molar-refractivity contribution is 0.0690. The first-order valence-electron chi connectivity index (χ1n) is 6.43. The van der Waals surface area contributed by atoms with Crippen LogP contribution in [0.4, 0.5) is 0 Å².